The molecule has 2 fully saturated rings. The largest absolute Gasteiger partial charge is 0.390 e. The van der Waals surface area contributed by atoms with Crippen molar-refractivity contribution in [2.24, 2.45) is 16.3 Å². The van der Waals surface area contributed by atoms with Gasteiger partial charge in [0, 0.05) is 16.5 Å². The van der Waals surface area contributed by atoms with E-state index in [9.17, 15) is 14.6 Å². The molecule has 0 saturated heterocycles. The van der Waals surface area contributed by atoms with E-state index in [0.29, 0.717) is 40.1 Å². The number of aryl methyl sites for hydroxylation is 2. The quantitative estimate of drug-likeness (QED) is 0.521. The summed E-state index contributed by atoms with van der Waals surface area (Å²) in [5, 5.41) is 22.7. The van der Waals surface area contributed by atoms with Gasteiger partial charge >= 0.3 is 0 Å². The zero-order valence-electron chi connectivity index (χ0n) is 17.1. The van der Waals surface area contributed by atoms with Crippen LogP contribution in [0.1, 0.15) is 30.1 Å². The lowest BCUT2D eigenvalue weighted by Crippen LogP contribution is -2.34. The van der Waals surface area contributed by atoms with Crippen LogP contribution in [0.5, 0.6) is 0 Å². The third kappa shape index (κ3) is 2.98. The number of aliphatic hydroxyl groups is 2. The summed E-state index contributed by atoms with van der Waals surface area (Å²) in [4.78, 5) is 8.32. The first kappa shape index (κ1) is 20.4. The van der Waals surface area contributed by atoms with Crippen LogP contribution in [0, 0.1) is 24.1 Å². The highest BCUT2D eigenvalue weighted by atomic mass is 35.5. The van der Waals surface area contributed by atoms with Gasteiger partial charge in [-0.15, -0.1) is 0 Å². The number of aromatic nitrogens is 2. The predicted molar refractivity (Wildman–Crippen MR) is 119 cm³/mol. The topological polar surface area (TPSA) is 96.7 Å². The molecule has 0 spiro atoms. The predicted octanol–water partition coefficient (Wildman–Crippen LogP) is 3.97. The van der Waals surface area contributed by atoms with Crippen LogP contribution in [0.25, 0.3) is 10.9 Å². The third-order valence-corrected chi connectivity index (χ3v) is 7.54. The first-order chi connectivity index (χ1) is 14.8. The van der Waals surface area contributed by atoms with Crippen LogP contribution in [-0.4, -0.2) is 38.7 Å². The number of nitrogens with two attached hydrogens (primary N) is 1. The van der Waals surface area contributed by atoms with Gasteiger partial charge in [0.15, 0.2) is 0 Å². The average Bonchev–Trinajstić information content (AvgIpc) is 3.28. The van der Waals surface area contributed by atoms with Gasteiger partial charge in [-0.2, -0.15) is 0 Å². The summed E-state index contributed by atoms with van der Waals surface area (Å²) in [5.74, 6) is 0.644. The Morgan fingerprint density at radius 3 is 2.87 bits per heavy atom. The number of hydrogen-bond acceptors (Lipinski definition) is 5. The molecule has 8 heteroatoms. The zero-order chi connectivity index (χ0) is 22.1. The number of nitrogens with zero attached hydrogens (tertiary/aromatic N) is 3. The van der Waals surface area contributed by atoms with Gasteiger partial charge in [-0.1, -0.05) is 11.6 Å². The van der Waals surface area contributed by atoms with Crippen LogP contribution < -0.4 is 5.73 Å². The second-order valence-corrected chi connectivity index (χ2v) is 9.23. The van der Waals surface area contributed by atoms with Gasteiger partial charge in [0.1, 0.15) is 23.6 Å². The molecule has 6 nitrogen and oxygen atoms in total. The van der Waals surface area contributed by atoms with E-state index < -0.39 is 17.6 Å². The van der Waals surface area contributed by atoms with Gasteiger partial charge in [0.2, 0.25) is 0 Å². The molecule has 5 rings (SSSR count). The fourth-order valence-electron chi connectivity index (χ4n) is 5.52. The monoisotopic (exact) mass is 442 g/mol. The number of aliphatic hydroxyl groups excluding tert-OH is 2. The molecule has 2 aliphatic rings. The number of pyridine rings is 1. The number of benzene rings is 1. The molecule has 5 atom stereocenters. The van der Waals surface area contributed by atoms with Crippen LogP contribution in [0.3, 0.4) is 0 Å². The molecular weight excluding hydrogens is 419 g/mol. The number of fused-ring (bicyclic) bond motifs is 2. The van der Waals surface area contributed by atoms with Gasteiger partial charge < -0.3 is 20.5 Å². The van der Waals surface area contributed by atoms with Crippen molar-refractivity contribution in [3.05, 3.63) is 52.4 Å². The number of rotatable bonds is 5. The Bertz CT molecular complexity index is 1210. The van der Waals surface area contributed by atoms with E-state index in [1.807, 2.05) is 23.6 Å². The van der Waals surface area contributed by atoms with Crippen molar-refractivity contribution in [3.63, 3.8) is 0 Å². The molecule has 162 valence electrons. The molecule has 0 amide bonds. The van der Waals surface area contributed by atoms with Crippen molar-refractivity contribution >= 4 is 40.9 Å². The Hall–Kier alpha value is -2.48. The highest BCUT2D eigenvalue weighted by Gasteiger charge is 2.70. The number of aliphatic imine (C=N–C) groups is 1. The molecule has 0 radical (unpaired) electrons. The van der Waals surface area contributed by atoms with E-state index in [-0.39, 0.29) is 23.6 Å². The summed E-state index contributed by atoms with van der Waals surface area (Å²) in [6.45, 7) is 5.57. The standard InChI is InChI=1S/C23H24ClFN4O2/c1-11-3-4-18(27-2)29(11)19-14-10-23(14,21(31)20(19)30)6-5-12-9-17-13(8-16(12)25)7-15(24)22(26)28-17/h3-4,7-9,14,19-21,30-31H,2,5-6,10H2,1H3,(H2,26,28)/t14-,19-,20+,21+,23+/m1/s1. The minimum absolute atomic E-state index is 0.0974. The van der Waals surface area contributed by atoms with E-state index in [2.05, 4.69) is 16.7 Å². The summed E-state index contributed by atoms with van der Waals surface area (Å²) >= 11 is 6.00. The van der Waals surface area contributed by atoms with Crippen molar-refractivity contribution in [1.29, 1.82) is 0 Å². The normalized spacial score (nSPS) is 29.3. The summed E-state index contributed by atoms with van der Waals surface area (Å²) in [5.41, 5.74) is 7.41. The molecule has 0 aliphatic heterocycles. The van der Waals surface area contributed by atoms with Crippen molar-refractivity contribution in [1.82, 2.24) is 9.55 Å². The second-order valence-electron chi connectivity index (χ2n) is 8.82. The smallest absolute Gasteiger partial charge is 0.142 e. The minimum atomic E-state index is -0.907. The Kier molecular flexibility index (Phi) is 4.62. The summed E-state index contributed by atoms with van der Waals surface area (Å²) in [6.07, 6.45) is -0.0146. The van der Waals surface area contributed by atoms with E-state index in [0.717, 1.165) is 12.1 Å². The summed E-state index contributed by atoms with van der Waals surface area (Å²) in [6, 6.07) is 8.24. The Morgan fingerprint density at radius 1 is 1.35 bits per heavy atom. The SMILES string of the molecule is C=Nc1ccc(C)n1[C@H]1[C@H](O)[C@H](O)[C@@]2(CCc3cc4nc(N)c(Cl)cc4cc3F)C[C@H]12. The maximum absolute atomic E-state index is 14.8. The van der Waals surface area contributed by atoms with Crippen LogP contribution in [0.4, 0.5) is 16.0 Å². The lowest BCUT2D eigenvalue weighted by molar-refractivity contribution is -0.0196. The molecular formula is C23H24ClFN4O2. The fraction of sp³-hybridized carbons (Fsp3) is 0.391. The summed E-state index contributed by atoms with van der Waals surface area (Å²) < 4.78 is 16.7. The van der Waals surface area contributed by atoms with E-state index in [4.69, 9.17) is 17.3 Å². The van der Waals surface area contributed by atoms with Crippen LogP contribution in [0.15, 0.2) is 35.3 Å². The average molecular weight is 443 g/mol. The van der Waals surface area contributed by atoms with Crippen molar-refractivity contribution in [2.45, 2.75) is 44.4 Å². The maximum Gasteiger partial charge on any atom is 0.142 e. The lowest BCUT2D eigenvalue weighted by Gasteiger charge is -2.26. The number of anilines is 1. The first-order valence-corrected chi connectivity index (χ1v) is 10.7. The van der Waals surface area contributed by atoms with Crippen molar-refractivity contribution < 1.29 is 14.6 Å². The van der Waals surface area contributed by atoms with E-state index in [1.54, 1.807) is 12.1 Å². The van der Waals surface area contributed by atoms with E-state index >= 15 is 0 Å². The molecule has 4 N–H and O–H groups in total. The molecule has 0 bridgehead atoms. The Labute approximate surface area is 184 Å². The van der Waals surface area contributed by atoms with Crippen LogP contribution in [-0.2, 0) is 6.42 Å². The van der Waals surface area contributed by atoms with E-state index in [1.165, 1.54) is 6.07 Å². The van der Waals surface area contributed by atoms with Crippen molar-refractivity contribution in [2.75, 3.05) is 5.73 Å². The van der Waals surface area contributed by atoms with Gasteiger partial charge in [0.25, 0.3) is 0 Å². The van der Waals surface area contributed by atoms with Gasteiger partial charge in [0.05, 0.1) is 22.7 Å². The van der Waals surface area contributed by atoms with Crippen LogP contribution >= 0.6 is 11.6 Å². The third-order valence-electron chi connectivity index (χ3n) is 7.24. The fourth-order valence-corrected chi connectivity index (χ4v) is 5.68. The molecule has 2 heterocycles. The summed E-state index contributed by atoms with van der Waals surface area (Å²) in [7, 11) is 0. The molecule has 1 aromatic carbocycles. The molecule has 3 aromatic rings. The maximum atomic E-state index is 14.8. The first-order valence-electron chi connectivity index (χ1n) is 10.3. The highest BCUT2D eigenvalue weighted by molar-refractivity contribution is 6.33. The number of nitrogen functional groups attached to an aromatic ring is 1. The zero-order valence-corrected chi connectivity index (χ0v) is 17.8. The molecule has 2 aliphatic carbocycles. The van der Waals surface area contributed by atoms with Gasteiger partial charge in [-0.25, -0.2) is 14.4 Å². The molecule has 31 heavy (non-hydrogen) atoms. The highest BCUT2D eigenvalue weighted by Crippen LogP contribution is 2.70. The number of hydrogen-bond donors (Lipinski definition) is 3. The Morgan fingerprint density at radius 2 is 2.13 bits per heavy atom. The second kappa shape index (κ2) is 7.02. The van der Waals surface area contributed by atoms with Gasteiger partial charge in [-0.05, 0) is 74.7 Å². The lowest BCUT2D eigenvalue weighted by atomic mass is 9.91. The molecule has 2 saturated carbocycles. The Balaban J connectivity index is 1.41. The minimum Gasteiger partial charge on any atom is -0.390 e. The van der Waals surface area contributed by atoms with Crippen LogP contribution in [0.2, 0.25) is 5.02 Å². The molecule has 2 aromatic heterocycles. The van der Waals surface area contributed by atoms with Gasteiger partial charge in [-0.3, -0.25) is 0 Å². The van der Waals surface area contributed by atoms with Crippen molar-refractivity contribution in [3.8, 4) is 0 Å². The number of halogens is 2. The molecule has 0 unspecified atom stereocenters.